The second kappa shape index (κ2) is 8.59. The number of amides is 1. The molecule has 3 rings (SSSR count). The summed E-state index contributed by atoms with van der Waals surface area (Å²) < 4.78 is 0. The molecular weight excluding hydrogens is 342 g/mol. The Bertz CT molecular complexity index is 1000. The van der Waals surface area contributed by atoms with Gasteiger partial charge in [0.15, 0.2) is 0 Å². The zero-order valence-electron chi connectivity index (χ0n) is 16.6. The van der Waals surface area contributed by atoms with E-state index in [1.807, 2.05) is 66.7 Å². The van der Waals surface area contributed by atoms with Crippen LogP contribution in [0.15, 0.2) is 78.9 Å². The topological polar surface area (TPSA) is 29.1 Å². The Morgan fingerprint density at radius 1 is 0.821 bits per heavy atom. The molecule has 3 aromatic rings. The highest BCUT2D eigenvalue weighted by Gasteiger charge is 2.12. The van der Waals surface area contributed by atoms with Gasteiger partial charge in [-0.3, -0.25) is 4.79 Å². The quantitative estimate of drug-likeness (QED) is 0.624. The van der Waals surface area contributed by atoms with Crippen LogP contribution in [0.1, 0.15) is 53.4 Å². The van der Waals surface area contributed by atoms with Crippen LogP contribution in [-0.4, -0.2) is 5.91 Å². The van der Waals surface area contributed by atoms with Gasteiger partial charge in [0.25, 0.3) is 5.91 Å². The van der Waals surface area contributed by atoms with Crippen LogP contribution < -0.4 is 5.32 Å². The minimum atomic E-state index is -0.114. The number of carbonyl (C=O) groups is 1. The maximum Gasteiger partial charge on any atom is 0.252 e. The summed E-state index contributed by atoms with van der Waals surface area (Å²) in [5, 5.41) is 2.97. The van der Waals surface area contributed by atoms with E-state index < -0.39 is 0 Å². The van der Waals surface area contributed by atoms with Crippen LogP contribution >= 0.6 is 0 Å². The van der Waals surface area contributed by atoms with Gasteiger partial charge in [0.2, 0.25) is 0 Å². The fourth-order valence-electron chi connectivity index (χ4n) is 2.86. The lowest BCUT2D eigenvalue weighted by atomic mass is 9.87. The van der Waals surface area contributed by atoms with Gasteiger partial charge >= 0.3 is 0 Å². The number of benzene rings is 3. The van der Waals surface area contributed by atoms with Crippen molar-refractivity contribution in [2.75, 3.05) is 0 Å². The molecule has 0 spiro atoms. The highest BCUT2D eigenvalue weighted by molar-refractivity contribution is 5.96. The molecule has 0 heterocycles. The Balaban J connectivity index is 1.76. The summed E-state index contributed by atoms with van der Waals surface area (Å²) in [6.45, 7) is 7.07. The van der Waals surface area contributed by atoms with E-state index in [1.54, 1.807) is 0 Å². The molecule has 0 bridgehead atoms. The number of carbonyl (C=O) groups excluding carboxylic acids is 1. The van der Waals surface area contributed by atoms with Crippen molar-refractivity contribution in [2.45, 2.75) is 32.7 Å². The molecule has 2 nitrogen and oxygen atoms in total. The van der Waals surface area contributed by atoms with E-state index in [1.165, 1.54) is 5.56 Å². The molecule has 1 N–H and O–H groups in total. The van der Waals surface area contributed by atoms with E-state index in [0.29, 0.717) is 12.1 Å². The van der Waals surface area contributed by atoms with Gasteiger partial charge in [-0.25, -0.2) is 0 Å². The standard InChI is InChI=1S/C26H25NO/c1-26(2,3)23-17-14-20(15-18-23)13-16-22-11-7-8-12-24(22)25(28)27-19-21-9-5-4-6-10-21/h4-12,14-15,17-18H,19H2,1-3H3,(H,27,28). The predicted octanol–water partition coefficient (Wildman–Crippen LogP) is 5.31. The second-order valence-corrected chi connectivity index (χ2v) is 7.79. The minimum Gasteiger partial charge on any atom is -0.348 e. The molecule has 28 heavy (non-hydrogen) atoms. The van der Waals surface area contributed by atoms with Crippen molar-refractivity contribution in [3.05, 3.63) is 107 Å². The van der Waals surface area contributed by atoms with Gasteiger partial charge < -0.3 is 5.32 Å². The van der Waals surface area contributed by atoms with E-state index >= 15 is 0 Å². The van der Waals surface area contributed by atoms with Crippen LogP contribution in [0.5, 0.6) is 0 Å². The van der Waals surface area contributed by atoms with Crippen molar-refractivity contribution in [2.24, 2.45) is 0 Å². The molecule has 1 amide bonds. The monoisotopic (exact) mass is 367 g/mol. The highest BCUT2D eigenvalue weighted by Crippen LogP contribution is 2.22. The van der Waals surface area contributed by atoms with Crippen molar-refractivity contribution < 1.29 is 4.79 Å². The molecule has 2 heteroatoms. The van der Waals surface area contributed by atoms with Gasteiger partial charge in [-0.2, -0.15) is 0 Å². The summed E-state index contributed by atoms with van der Waals surface area (Å²) in [4.78, 5) is 12.6. The van der Waals surface area contributed by atoms with E-state index in [-0.39, 0.29) is 11.3 Å². The third kappa shape index (κ3) is 5.11. The average Bonchev–Trinajstić information content (AvgIpc) is 2.71. The summed E-state index contributed by atoms with van der Waals surface area (Å²) >= 11 is 0. The first-order valence-corrected chi connectivity index (χ1v) is 9.47. The van der Waals surface area contributed by atoms with E-state index in [0.717, 1.165) is 16.7 Å². The molecule has 0 aliphatic rings. The van der Waals surface area contributed by atoms with Crippen molar-refractivity contribution in [1.29, 1.82) is 0 Å². The van der Waals surface area contributed by atoms with Crippen molar-refractivity contribution in [3.8, 4) is 11.8 Å². The zero-order valence-corrected chi connectivity index (χ0v) is 16.6. The zero-order chi connectivity index (χ0) is 20.0. The number of nitrogens with one attached hydrogen (secondary N) is 1. The lowest BCUT2D eigenvalue weighted by molar-refractivity contribution is 0.0950. The van der Waals surface area contributed by atoms with Gasteiger partial charge in [-0.1, -0.05) is 87.2 Å². The van der Waals surface area contributed by atoms with Crippen LogP contribution in [0, 0.1) is 11.8 Å². The molecule has 0 radical (unpaired) electrons. The molecular formula is C26H25NO. The normalized spacial score (nSPS) is 10.7. The third-order valence-electron chi connectivity index (χ3n) is 4.56. The summed E-state index contributed by atoms with van der Waals surface area (Å²) in [5.41, 5.74) is 4.73. The first-order valence-electron chi connectivity index (χ1n) is 9.47. The Labute approximate surface area is 167 Å². The van der Waals surface area contributed by atoms with Crippen LogP contribution in [0.25, 0.3) is 0 Å². The van der Waals surface area contributed by atoms with E-state index in [9.17, 15) is 4.79 Å². The third-order valence-corrected chi connectivity index (χ3v) is 4.56. The minimum absolute atomic E-state index is 0.114. The molecule has 3 aromatic carbocycles. The Hall–Kier alpha value is -3.31. The number of rotatable bonds is 3. The van der Waals surface area contributed by atoms with Crippen molar-refractivity contribution >= 4 is 5.91 Å². The molecule has 0 aliphatic carbocycles. The van der Waals surface area contributed by atoms with Crippen molar-refractivity contribution in [3.63, 3.8) is 0 Å². The first kappa shape index (κ1) is 19.5. The summed E-state index contributed by atoms with van der Waals surface area (Å²) in [6, 6.07) is 25.6. The molecule has 0 aliphatic heterocycles. The van der Waals surface area contributed by atoms with Crippen molar-refractivity contribution in [1.82, 2.24) is 5.32 Å². The molecule has 0 fully saturated rings. The predicted molar refractivity (Wildman–Crippen MR) is 115 cm³/mol. The van der Waals surface area contributed by atoms with Gasteiger partial charge in [-0.15, -0.1) is 0 Å². The van der Waals surface area contributed by atoms with Gasteiger partial charge in [0, 0.05) is 17.7 Å². The largest absolute Gasteiger partial charge is 0.348 e. The fraction of sp³-hybridized carbons (Fsp3) is 0.192. The Morgan fingerprint density at radius 3 is 2.14 bits per heavy atom. The fourth-order valence-corrected chi connectivity index (χ4v) is 2.86. The SMILES string of the molecule is CC(C)(C)c1ccc(C#Cc2ccccc2C(=O)NCc2ccccc2)cc1. The van der Waals surface area contributed by atoms with Gasteiger partial charge in [0.05, 0.1) is 5.56 Å². The van der Waals surface area contributed by atoms with Gasteiger partial charge in [-0.05, 0) is 40.8 Å². The Morgan fingerprint density at radius 2 is 1.46 bits per heavy atom. The summed E-state index contributed by atoms with van der Waals surface area (Å²) in [7, 11) is 0. The maximum atomic E-state index is 12.6. The smallest absolute Gasteiger partial charge is 0.252 e. The molecule has 0 saturated carbocycles. The summed E-state index contributed by atoms with van der Waals surface area (Å²) in [6.07, 6.45) is 0. The van der Waals surface area contributed by atoms with Crippen LogP contribution in [0.2, 0.25) is 0 Å². The summed E-state index contributed by atoms with van der Waals surface area (Å²) in [5.74, 6) is 6.22. The van der Waals surface area contributed by atoms with Crippen LogP contribution in [-0.2, 0) is 12.0 Å². The number of hydrogen-bond donors (Lipinski definition) is 1. The molecule has 0 atom stereocenters. The van der Waals surface area contributed by atoms with E-state index in [4.69, 9.17) is 0 Å². The number of hydrogen-bond acceptors (Lipinski definition) is 1. The first-order chi connectivity index (χ1) is 13.4. The maximum absolute atomic E-state index is 12.6. The Kier molecular flexibility index (Phi) is 5.96. The molecule has 0 aromatic heterocycles. The van der Waals surface area contributed by atoms with Crippen LogP contribution in [0.3, 0.4) is 0 Å². The van der Waals surface area contributed by atoms with Crippen LogP contribution in [0.4, 0.5) is 0 Å². The lowest BCUT2D eigenvalue weighted by Gasteiger charge is -2.18. The van der Waals surface area contributed by atoms with E-state index in [2.05, 4.69) is 50.1 Å². The molecule has 140 valence electrons. The molecule has 0 unspecified atom stereocenters. The second-order valence-electron chi connectivity index (χ2n) is 7.79. The lowest BCUT2D eigenvalue weighted by Crippen LogP contribution is -2.23. The van der Waals surface area contributed by atoms with Gasteiger partial charge in [0.1, 0.15) is 0 Å². The highest BCUT2D eigenvalue weighted by atomic mass is 16.1. The molecule has 0 saturated heterocycles. The average molecular weight is 367 g/mol.